The van der Waals surface area contributed by atoms with Crippen LogP contribution < -0.4 is 10.1 Å². The van der Waals surface area contributed by atoms with Gasteiger partial charge in [0.2, 0.25) is 5.95 Å². The molecular formula is C24H16F2N4O. The number of para-hydroxylation sites is 1. The van der Waals surface area contributed by atoms with Crippen LogP contribution >= 0.6 is 0 Å². The molecule has 5 nitrogen and oxygen atoms in total. The molecule has 2 atom stereocenters. The lowest BCUT2D eigenvalue weighted by molar-refractivity contribution is 0.222. The lowest BCUT2D eigenvalue weighted by Gasteiger charge is -2.39. The third-order valence-corrected chi connectivity index (χ3v) is 5.69. The number of nitrogens with one attached hydrogen (secondary N) is 1. The molecule has 3 aromatic carbocycles. The van der Waals surface area contributed by atoms with Gasteiger partial charge in [-0.15, -0.1) is 0 Å². The minimum Gasteiger partial charge on any atom is -0.480 e. The number of hydrogen-bond acceptors (Lipinski definition) is 4. The second-order valence-electron chi connectivity index (χ2n) is 7.45. The van der Waals surface area contributed by atoms with Crippen LogP contribution in [0.5, 0.6) is 5.75 Å². The number of hydrogen-bond donors (Lipinski definition) is 1. The van der Waals surface area contributed by atoms with Gasteiger partial charge in [0.1, 0.15) is 35.9 Å². The van der Waals surface area contributed by atoms with Crippen molar-refractivity contribution in [1.82, 2.24) is 14.8 Å². The van der Waals surface area contributed by atoms with Gasteiger partial charge in [0, 0.05) is 16.7 Å². The maximum Gasteiger partial charge on any atom is 0.226 e. The van der Waals surface area contributed by atoms with Crippen molar-refractivity contribution in [2.24, 2.45) is 0 Å². The van der Waals surface area contributed by atoms with E-state index in [1.54, 1.807) is 35.0 Å². The Labute approximate surface area is 176 Å². The molecule has 6 rings (SSSR count). The average Bonchev–Trinajstić information content (AvgIpc) is 3.27. The zero-order valence-corrected chi connectivity index (χ0v) is 16.2. The van der Waals surface area contributed by atoms with Crippen LogP contribution in [0.1, 0.15) is 28.8 Å². The van der Waals surface area contributed by atoms with E-state index in [1.807, 2.05) is 24.3 Å². The highest BCUT2D eigenvalue weighted by Gasteiger charge is 2.41. The highest BCUT2D eigenvalue weighted by molar-refractivity contribution is 5.85. The van der Waals surface area contributed by atoms with Crippen molar-refractivity contribution >= 4 is 11.6 Å². The molecule has 4 aromatic rings. The molecule has 152 valence electrons. The molecule has 31 heavy (non-hydrogen) atoms. The zero-order valence-electron chi connectivity index (χ0n) is 16.2. The number of anilines is 1. The second kappa shape index (κ2) is 6.77. The Kier molecular flexibility index (Phi) is 3.89. The van der Waals surface area contributed by atoms with Crippen molar-refractivity contribution in [1.29, 1.82) is 0 Å². The summed E-state index contributed by atoms with van der Waals surface area (Å²) in [5, 5.41) is 7.73. The highest BCUT2D eigenvalue weighted by Crippen LogP contribution is 2.50. The summed E-state index contributed by atoms with van der Waals surface area (Å²) in [7, 11) is 0. The predicted octanol–water partition coefficient (Wildman–Crippen LogP) is 5.12. The van der Waals surface area contributed by atoms with E-state index in [-0.39, 0.29) is 11.6 Å². The molecule has 1 N–H and O–H groups in total. The number of nitrogens with zero attached hydrogens (tertiary/aromatic N) is 3. The molecular weight excluding hydrogens is 398 g/mol. The normalized spacial score (nSPS) is 19.0. The molecule has 0 amide bonds. The van der Waals surface area contributed by atoms with E-state index in [9.17, 15) is 4.39 Å². The first-order valence-electron chi connectivity index (χ1n) is 9.87. The lowest BCUT2D eigenvalue weighted by atomic mass is 9.84. The summed E-state index contributed by atoms with van der Waals surface area (Å²) in [6.45, 7) is 0. The van der Waals surface area contributed by atoms with Crippen molar-refractivity contribution in [3.8, 4) is 5.75 Å². The van der Waals surface area contributed by atoms with E-state index in [0.29, 0.717) is 17.3 Å². The molecule has 1 aromatic heterocycles. The molecule has 0 aliphatic carbocycles. The molecule has 0 spiro atoms. The van der Waals surface area contributed by atoms with Crippen LogP contribution in [0.4, 0.5) is 14.7 Å². The quantitative estimate of drug-likeness (QED) is 0.495. The fourth-order valence-electron chi connectivity index (χ4n) is 4.33. The summed E-state index contributed by atoms with van der Waals surface area (Å²) < 4.78 is 36.7. The maximum absolute atomic E-state index is 15.0. The van der Waals surface area contributed by atoms with E-state index in [0.717, 1.165) is 22.4 Å². The van der Waals surface area contributed by atoms with Crippen LogP contribution in [0.3, 0.4) is 0 Å². The van der Waals surface area contributed by atoms with Crippen molar-refractivity contribution in [3.05, 3.63) is 113 Å². The second-order valence-corrected chi connectivity index (χ2v) is 7.45. The van der Waals surface area contributed by atoms with Crippen molar-refractivity contribution < 1.29 is 13.5 Å². The van der Waals surface area contributed by atoms with Gasteiger partial charge in [-0.1, -0.05) is 42.5 Å². The SMILES string of the molecule is Fc1ccc([C@@H]2Oc3ccccc3C3=C2[C@H](c2ccccc2F)n2ncnc2N3)cc1. The van der Waals surface area contributed by atoms with E-state index in [2.05, 4.69) is 15.4 Å². The number of benzene rings is 3. The van der Waals surface area contributed by atoms with Gasteiger partial charge in [0.25, 0.3) is 0 Å². The molecule has 3 heterocycles. The predicted molar refractivity (Wildman–Crippen MR) is 111 cm³/mol. The van der Waals surface area contributed by atoms with Gasteiger partial charge in [0.05, 0.1) is 5.70 Å². The van der Waals surface area contributed by atoms with E-state index in [4.69, 9.17) is 4.74 Å². The van der Waals surface area contributed by atoms with Crippen molar-refractivity contribution in [2.75, 3.05) is 5.32 Å². The van der Waals surface area contributed by atoms with Gasteiger partial charge in [-0.2, -0.15) is 10.1 Å². The largest absolute Gasteiger partial charge is 0.480 e. The van der Waals surface area contributed by atoms with E-state index < -0.39 is 12.1 Å². The number of rotatable bonds is 2. The molecule has 7 heteroatoms. The fourth-order valence-corrected chi connectivity index (χ4v) is 4.33. The van der Waals surface area contributed by atoms with Crippen LogP contribution in [0.25, 0.3) is 5.70 Å². The molecule has 0 saturated heterocycles. The molecule has 2 aliphatic heterocycles. The number of fused-ring (bicyclic) bond motifs is 3. The summed E-state index contributed by atoms with van der Waals surface area (Å²) in [6, 6.07) is 19.9. The third kappa shape index (κ3) is 2.73. The van der Waals surface area contributed by atoms with E-state index >= 15 is 4.39 Å². The monoisotopic (exact) mass is 414 g/mol. The molecule has 2 aliphatic rings. The Morgan fingerprint density at radius 3 is 2.52 bits per heavy atom. The number of halogens is 2. The Hall–Kier alpha value is -4.00. The van der Waals surface area contributed by atoms with Crippen LogP contribution in [-0.2, 0) is 0 Å². The van der Waals surface area contributed by atoms with E-state index in [1.165, 1.54) is 24.5 Å². The fraction of sp³-hybridized carbons (Fsp3) is 0.0833. The summed E-state index contributed by atoms with van der Waals surface area (Å²) >= 11 is 0. The van der Waals surface area contributed by atoms with Crippen LogP contribution in [0.15, 0.2) is 84.7 Å². The Bertz CT molecular complexity index is 1330. The Morgan fingerprint density at radius 2 is 1.68 bits per heavy atom. The van der Waals surface area contributed by atoms with Gasteiger partial charge in [-0.05, 0) is 35.9 Å². The van der Waals surface area contributed by atoms with Gasteiger partial charge in [0.15, 0.2) is 0 Å². The zero-order chi connectivity index (χ0) is 20.9. The first-order chi connectivity index (χ1) is 15.2. The third-order valence-electron chi connectivity index (χ3n) is 5.69. The molecule has 0 radical (unpaired) electrons. The standard InChI is InChI=1S/C24H16F2N4O/c25-15-11-9-14(10-12-15)23-20-21(17-6-2-4-8-19(17)31-23)29-24-27-13-28-30(24)22(20)16-5-1-3-7-18(16)26/h1-13,22-23H,(H,27,28,29)/t22-,23-/m0/s1. The minimum atomic E-state index is -0.585. The maximum atomic E-state index is 15.0. The summed E-state index contributed by atoms with van der Waals surface area (Å²) in [4.78, 5) is 4.33. The van der Waals surface area contributed by atoms with Gasteiger partial charge in [-0.3, -0.25) is 0 Å². The molecule has 0 unspecified atom stereocenters. The Morgan fingerprint density at radius 1 is 0.903 bits per heavy atom. The number of ether oxygens (including phenoxy) is 1. The molecule has 0 bridgehead atoms. The highest BCUT2D eigenvalue weighted by atomic mass is 19.1. The number of aromatic nitrogens is 3. The van der Waals surface area contributed by atoms with Gasteiger partial charge < -0.3 is 10.1 Å². The summed E-state index contributed by atoms with van der Waals surface area (Å²) in [6.07, 6.45) is 0.869. The van der Waals surface area contributed by atoms with Crippen LogP contribution in [-0.4, -0.2) is 14.8 Å². The van der Waals surface area contributed by atoms with Gasteiger partial charge >= 0.3 is 0 Å². The van der Waals surface area contributed by atoms with Gasteiger partial charge in [-0.25, -0.2) is 13.5 Å². The Balaban J connectivity index is 1.65. The minimum absolute atomic E-state index is 0.333. The lowest BCUT2D eigenvalue weighted by Crippen LogP contribution is -2.32. The first-order valence-corrected chi connectivity index (χ1v) is 9.87. The average molecular weight is 414 g/mol. The molecule has 0 fully saturated rings. The van der Waals surface area contributed by atoms with Crippen LogP contribution in [0, 0.1) is 11.6 Å². The smallest absolute Gasteiger partial charge is 0.226 e. The first kappa shape index (κ1) is 17.8. The summed E-state index contributed by atoms with van der Waals surface area (Å²) in [5.41, 5.74) is 3.65. The molecule has 0 saturated carbocycles. The van der Waals surface area contributed by atoms with Crippen molar-refractivity contribution in [2.45, 2.75) is 12.1 Å². The van der Waals surface area contributed by atoms with Crippen molar-refractivity contribution in [3.63, 3.8) is 0 Å². The summed E-state index contributed by atoms with van der Waals surface area (Å²) in [5.74, 6) is 0.518. The van der Waals surface area contributed by atoms with Crippen LogP contribution in [0.2, 0.25) is 0 Å². The topological polar surface area (TPSA) is 52.0 Å².